The van der Waals surface area contributed by atoms with Crippen LogP contribution in [0.1, 0.15) is 11.1 Å². The van der Waals surface area contributed by atoms with Crippen LogP contribution in [0.25, 0.3) is 72.5 Å². The van der Waals surface area contributed by atoms with Crippen LogP contribution in [0.5, 0.6) is 0 Å². The molecular weight excluding hydrogens is 755 g/mol. The minimum absolute atomic E-state index is 0. The first-order chi connectivity index (χ1) is 22.5. The van der Waals surface area contributed by atoms with Crippen LogP contribution in [0, 0.1) is 26.5 Å². The summed E-state index contributed by atoms with van der Waals surface area (Å²) in [5, 5.41) is 0. The summed E-state index contributed by atoms with van der Waals surface area (Å²) < 4.78 is 0. The van der Waals surface area contributed by atoms with Crippen LogP contribution < -0.4 is 0 Å². The van der Waals surface area contributed by atoms with Gasteiger partial charge in [0.25, 0.3) is 0 Å². The number of aromatic nitrogens is 4. The summed E-state index contributed by atoms with van der Waals surface area (Å²) >= 11 is 0. The van der Waals surface area contributed by atoms with Gasteiger partial charge in [0.05, 0.1) is 6.57 Å². The van der Waals surface area contributed by atoms with Crippen molar-refractivity contribution in [3.05, 3.63) is 162 Å². The molecule has 0 unspecified atom stereocenters. The molecule has 7 rings (SSSR count). The van der Waals surface area contributed by atoms with Gasteiger partial charge < -0.3 is 4.98 Å². The Morgan fingerprint density at radius 3 is 1.81 bits per heavy atom. The Labute approximate surface area is 288 Å². The second kappa shape index (κ2) is 13.8. The molecule has 1 radical (unpaired) electrons. The molecule has 227 valence electrons. The molecule has 47 heavy (non-hydrogen) atoms. The fourth-order valence-electron chi connectivity index (χ4n) is 5.62. The molecule has 5 nitrogen and oxygen atoms in total. The molecule has 0 aliphatic rings. The van der Waals surface area contributed by atoms with E-state index >= 15 is 0 Å². The van der Waals surface area contributed by atoms with Gasteiger partial charge in [-0.3, -0.25) is 0 Å². The van der Waals surface area contributed by atoms with E-state index in [0.29, 0.717) is 23.2 Å². The summed E-state index contributed by atoms with van der Waals surface area (Å²) in [6, 6.07) is 45.9. The van der Waals surface area contributed by atoms with Crippen molar-refractivity contribution in [3.8, 4) is 67.7 Å². The molecule has 2 heterocycles. The number of rotatable bonds is 6. The van der Waals surface area contributed by atoms with Gasteiger partial charge in [-0.05, 0) is 36.7 Å². The fourth-order valence-corrected chi connectivity index (χ4v) is 5.62. The molecule has 7 aromatic rings. The number of nitrogens with zero attached hydrogens (tertiary/aromatic N) is 5. The van der Waals surface area contributed by atoms with Crippen LogP contribution in [0.15, 0.2) is 134 Å². The summed E-state index contributed by atoms with van der Waals surface area (Å²) in [7, 11) is 0. The molecule has 0 saturated carbocycles. The molecule has 0 saturated heterocycles. The second-order valence-corrected chi connectivity index (χ2v) is 11.2. The van der Waals surface area contributed by atoms with Crippen molar-refractivity contribution in [2.45, 2.75) is 13.8 Å². The molecule has 0 N–H and O–H groups in total. The Kier molecular flexibility index (Phi) is 9.22. The van der Waals surface area contributed by atoms with E-state index in [1.54, 1.807) is 18.3 Å². The smallest absolute Gasteiger partial charge is 0.187 e. The molecule has 0 amide bonds. The van der Waals surface area contributed by atoms with Crippen molar-refractivity contribution in [1.82, 2.24) is 19.9 Å². The van der Waals surface area contributed by atoms with Crippen molar-refractivity contribution in [2.24, 2.45) is 0 Å². The van der Waals surface area contributed by atoms with Crippen molar-refractivity contribution in [1.29, 1.82) is 0 Å². The minimum Gasteiger partial charge on any atom is -0.304 e. The number of benzene rings is 5. The molecule has 2 aromatic heterocycles. The monoisotopic (exact) mass is 783 g/mol. The van der Waals surface area contributed by atoms with Gasteiger partial charge in [0, 0.05) is 43.0 Å². The maximum Gasteiger partial charge on any atom is 0.187 e. The molecule has 0 spiro atoms. The van der Waals surface area contributed by atoms with Gasteiger partial charge in [-0.15, -0.1) is 29.8 Å². The third kappa shape index (κ3) is 6.83. The molecule has 6 heteroatoms. The van der Waals surface area contributed by atoms with Gasteiger partial charge >= 0.3 is 0 Å². The van der Waals surface area contributed by atoms with E-state index in [9.17, 15) is 0 Å². The second-order valence-electron chi connectivity index (χ2n) is 11.2. The van der Waals surface area contributed by atoms with Crippen LogP contribution in [-0.2, 0) is 20.1 Å². The van der Waals surface area contributed by atoms with Crippen molar-refractivity contribution >= 4 is 5.69 Å². The summed E-state index contributed by atoms with van der Waals surface area (Å²) in [5.74, 6) is 1.57. The van der Waals surface area contributed by atoms with Gasteiger partial charge in [0.2, 0.25) is 0 Å². The molecule has 0 aliphatic carbocycles. The Morgan fingerprint density at radius 2 is 1.17 bits per heavy atom. The number of pyridine rings is 1. The zero-order valence-electron chi connectivity index (χ0n) is 25.8. The topological polar surface area (TPSA) is 55.9 Å². The van der Waals surface area contributed by atoms with Gasteiger partial charge in [-0.2, -0.15) is 0 Å². The zero-order chi connectivity index (χ0) is 31.5. The molecule has 5 aromatic carbocycles. The van der Waals surface area contributed by atoms with Crippen molar-refractivity contribution in [2.75, 3.05) is 0 Å². The third-order valence-electron chi connectivity index (χ3n) is 7.78. The minimum atomic E-state index is 0. The van der Waals surface area contributed by atoms with Crippen LogP contribution in [0.3, 0.4) is 0 Å². The fraction of sp³-hybridized carbons (Fsp3) is 0.0488. The Hall–Kier alpha value is -5.60. The first kappa shape index (κ1) is 31.4. The van der Waals surface area contributed by atoms with Crippen LogP contribution in [0.2, 0.25) is 0 Å². The third-order valence-corrected chi connectivity index (χ3v) is 7.78. The summed E-state index contributed by atoms with van der Waals surface area (Å²) in [6.07, 6.45) is 1.79. The predicted molar refractivity (Wildman–Crippen MR) is 185 cm³/mol. The van der Waals surface area contributed by atoms with Crippen LogP contribution in [0.4, 0.5) is 5.69 Å². The summed E-state index contributed by atoms with van der Waals surface area (Å²) in [6.45, 7) is 11.7. The Morgan fingerprint density at radius 1 is 0.553 bits per heavy atom. The average Bonchev–Trinajstić information content (AvgIpc) is 3.11. The van der Waals surface area contributed by atoms with E-state index in [-0.39, 0.29) is 20.1 Å². The molecule has 0 atom stereocenters. The standard InChI is InChI=1S/C41H28N5.Ir/c1-27-22-28(2)24-34(23-27)37-15-8-7-14-36(37)29-16-18-30(19-17-29)38-21-20-33(26-43-38)41-45-39(31-10-5-4-6-11-31)44-40(46-41)32-12-9-13-35(25-32)42-3;/h4-18,20-26H,1-2H3;/q-1;. The maximum atomic E-state index is 7.42. The van der Waals surface area contributed by atoms with E-state index in [1.807, 2.05) is 60.7 Å². The predicted octanol–water partition coefficient (Wildman–Crippen LogP) is 10.2. The first-order valence-electron chi connectivity index (χ1n) is 15.0. The normalized spacial score (nSPS) is 10.6. The van der Waals surface area contributed by atoms with E-state index in [1.165, 1.54) is 27.8 Å². The van der Waals surface area contributed by atoms with Crippen molar-refractivity contribution < 1.29 is 20.1 Å². The largest absolute Gasteiger partial charge is 0.304 e. The Balaban J connectivity index is 0.00000386. The first-order valence-corrected chi connectivity index (χ1v) is 15.0. The number of aryl methyl sites for hydroxylation is 2. The quantitative estimate of drug-likeness (QED) is 0.158. The number of hydrogen-bond donors (Lipinski definition) is 0. The van der Waals surface area contributed by atoms with Gasteiger partial charge in [-0.1, -0.05) is 125 Å². The van der Waals surface area contributed by atoms with E-state index in [2.05, 4.69) is 79.4 Å². The summed E-state index contributed by atoms with van der Waals surface area (Å²) in [5.41, 5.74) is 11.8. The number of hydrogen-bond acceptors (Lipinski definition) is 4. The Bertz CT molecular complexity index is 2200. The van der Waals surface area contributed by atoms with E-state index in [0.717, 1.165) is 33.5 Å². The van der Waals surface area contributed by atoms with Gasteiger partial charge in [-0.25, -0.2) is 19.8 Å². The molecule has 0 fully saturated rings. The maximum absolute atomic E-state index is 7.42. The van der Waals surface area contributed by atoms with E-state index < -0.39 is 0 Å². The molecule has 0 aliphatic heterocycles. The van der Waals surface area contributed by atoms with Crippen LogP contribution >= 0.6 is 0 Å². The SMILES string of the molecule is [C-]#[N+]c1cccc(-c2nc(-c3ccccc3)nc(-c3ccc(-c4[c-]cc(-c5ccccc5-c5cc(C)cc(C)c5)cc4)nc3)n2)c1.[Ir]. The molecular formula is C41H28IrN5-. The van der Waals surface area contributed by atoms with Crippen molar-refractivity contribution in [3.63, 3.8) is 0 Å². The van der Waals surface area contributed by atoms with Crippen LogP contribution in [-0.4, -0.2) is 19.9 Å². The summed E-state index contributed by atoms with van der Waals surface area (Å²) in [4.78, 5) is 22.7. The van der Waals surface area contributed by atoms with E-state index in [4.69, 9.17) is 26.5 Å². The zero-order valence-corrected chi connectivity index (χ0v) is 28.2. The molecule has 0 bridgehead atoms. The van der Waals surface area contributed by atoms with Gasteiger partial charge in [0.15, 0.2) is 23.2 Å². The van der Waals surface area contributed by atoms with Gasteiger partial charge in [0.1, 0.15) is 0 Å². The average molecular weight is 783 g/mol.